The molecule has 0 bridgehead atoms. The highest BCUT2D eigenvalue weighted by Crippen LogP contribution is 2.27. The van der Waals surface area contributed by atoms with Crippen LogP contribution >= 0.6 is 0 Å². The van der Waals surface area contributed by atoms with Crippen molar-refractivity contribution in [2.24, 2.45) is 5.10 Å². The first-order valence-corrected chi connectivity index (χ1v) is 8.22. The van der Waals surface area contributed by atoms with Gasteiger partial charge in [0.05, 0.1) is 23.5 Å². The van der Waals surface area contributed by atoms with Crippen LogP contribution in [0.25, 0.3) is 22.2 Å². The molecule has 0 saturated carbocycles. The number of nitrogens with two attached hydrogens (primary N) is 1. The highest BCUT2D eigenvalue weighted by atomic mass is 16.3. The summed E-state index contributed by atoms with van der Waals surface area (Å²) in [7, 11) is 0. The number of para-hydroxylation sites is 2. The first-order chi connectivity index (χ1) is 13.2. The third kappa shape index (κ3) is 2.93. The largest absolute Gasteiger partial charge is 0.463 e. The lowest BCUT2D eigenvalue weighted by molar-refractivity contribution is 0.0960. The molecule has 8 heteroatoms. The van der Waals surface area contributed by atoms with Gasteiger partial charge in [0.2, 0.25) is 0 Å². The van der Waals surface area contributed by atoms with Gasteiger partial charge < -0.3 is 15.5 Å². The molecule has 134 valence electrons. The van der Waals surface area contributed by atoms with Gasteiger partial charge in [0.25, 0.3) is 5.91 Å². The van der Waals surface area contributed by atoms with Crippen LogP contribution in [-0.2, 0) is 0 Å². The van der Waals surface area contributed by atoms with Gasteiger partial charge in [-0.1, -0.05) is 18.2 Å². The van der Waals surface area contributed by atoms with Gasteiger partial charge >= 0.3 is 0 Å². The molecule has 0 aliphatic rings. The van der Waals surface area contributed by atoms with Crippen LogP contribution in [-0.4, -0.2) is 33.3 Å². The van der Waals surface area contributed by atoms with E-state index in [-0.39, 0.29) is 17.3 Å². The summed E-state index contributed by atoms with van der Waals surface area (Å²) in [5.74, 6) is 0.321. The summed E-state index contributed by atoms with van der Waals surface area (Å²) in [6.07, 6.45) is 4.63. The molecule has 0 radical (unpaired) electrons. The minimum absolute atomic E-state index is 0.143. The van der Waals surface area contributed by atoms with Crippen LogP contribution in [0.1, 0.15) is 16.1 Å². The summed E-state index contributed by atoms with van der Waals surface area (Å²) in [5, 5.41) is 7.06. The molecule has 3 heterocycles. The van der Waals surface area contributed by atoms with Gasteiger partial charge in [-0.3, -0.25) is 4.79 Å². The average Bonchev–Trinajstić information content (AvgIpc) is 3.28. The van der Waals surface area contributed by atoms with Gasteiger partial charge in [-0.05, 0) is 24.3 Å². The highest BCUT2D eigenvalue weighted by Gasteiger charge is 2.23. The zero-order valence-electron chi connectivity index (χ0n) is 14.3. The summed E-state index contributed by atoms with van der Waals surface area (Å²) in [4.78, 5) is 21.8. The van der Waals surface area contributed by atoms with Crippen LogP contribution in [0.2, 0.25) is 0 Å². The monoisotopic (exact) mass is 360 g/mol. The molecule has 0 atom stereocenters. The minimum Gasteiger partial charge on any atom is -0.463 e. The Morgan fingerprint density at radius 2 is 2.04 bits per heavy atom. The normalized spacial score (nSPS) is 11.4. The Morgan fingerprint density at radius 3 is 2.74 bits per heavy atom. The molecular weight excluding hydrogens is 344 g/mol. The van der Waals surface area contributed by atoms with E-state index in [1.807, 2.05) is 24.3 Å². The Labute approximate surface area is 154 Å². The lowest BCUT2D eigenvalue weighted by Crippen LogP contribution is -2.24. The van der Waals surface area contributed by atoms with Gasteiger partial charge in [0.15, 0.2) is 5.65 Å². The second-order valence-electron chi connectivity index (χ2n) is 5.72. The number of rotatable bonds is 5. The molecule has 0 saturated heterocycles. The van der Waals surface area contributed by atoms with Crippen LogP contribution in [0.4, 0.5) is 5.82 Å². The third-order valence-corrected chi connectivity index (χ3v) is 3.95. The molecule has 8 nitrogen and oxygen atoms in total. The molecule has 4 rings (SSSR count). The summed E-state index contributed by atoms with van der Waals surface area (Å²) >= 11 is 0. The number of nitrogens with one attached hydrogen (secondary N) is 1. The van der Waals surface area contributed by atoms with E-state index >= 15 is 0 Å². The van der Waals surface area contributed by atoms with Crippen molar-refractivity contribution in [3.8, 4) is 0 Å². The van der Waals surface area contributed by atoms with Gasteiger partial charge in [-0.2, -0.15) is 9.78 Å². The molecule has 4 aromatic rings. The first kappa shape index (κ1) is 16.5. The Hall–Kier alpha value is -3.94. The van der Waals surface area contributed by atoms with Crippen molar-refractivity contribution in [3.63, 3.8) is 0 Å². The highest BCUT2D eigenvalue weighted by molar-refractivity contribution is 6.10. The molecule has 0 aliphatic heterocycles. The van der Waals surface area contributed by atoms with Crippen LogP contribution in [0.5, 0.6) is 0 Å². The van der Waals surface area contributed by atoms with E-state index in [2.05, 4.69) is 27.0 Å². The van der Waals surface area contributed by atoms with Crippen LogP contribution in [0, 0.1) is 0 Å². The molecule has 0 aliphatic carbocycles. The third-order valence-electron chi connectivity index (χ3n) is 3.95. The van der Waals surface area contributed by atoms with Crippen molar-refractivity contribution < 1.29 is 9.21 Å². The van der Waals surface area contributed by atoms with Crippen LogP contribution in [0.3, 0.4) is 0 Å². The maximum Gasteiger partial charge on any atom is 0.257 e. The standard InChI is InChI=1S/C19H16N6O2/c1-2-9-21-19(26)15-16-18(24-14-8-4-3-7-13(14)23-16)25(17(15)20)22-11-12-6-5-10-27-12/h2-8,10-11H,1,9,20H2,(H,21,26)/b22-11+. The summed E-state index contributed by atoms with van der Waals surface area (Å²) < 4.78 is 6.64. The van der Waals surface area contributed by atoms with Gasteiger partial charge in [-0.25, -0.2) is 9.97 Å². The predicted octanol–water partition coefficient (Wildman–Crippen LogP) is 2.56. The fraction of sp³-hybridized carbons (Fsp3) is 0.0526. The number of fused-ring (bicyclic) bond motifs is 2. The van der Waals surface area contributed by atoms with Crippen molar-refractivity contribution >= 4 is 40.1 Å². The number of carbonyl (C=O) groups is 1. The second-order valence-corrected chi connectivity index (χ2v) is 5.72. The van der Waals surface area contributed by atoms with Gasteiger partial charge in [0, 0.05) is 6.54 Å². The van der Waals surface area contributed by atoms with E-state index in [1.165, 1.54) is 10.9 Å². The zero-order chi connectivity index (χ0) is 18.8. The smallest absolute Gasteiger partial charge is 0.257 e. The first-order valence-electron chi connectivity index (χ1n) is 8.22. The predicted molar refractivity (Wildman–Crippen MR) is 104 cm³/mol. The zero-order valence-corrected chi connectivity index (χ0v) is 14.3. The summed E-state index contributed by atoms with van der Waals surface area (Å²) in [5.41, 5.74) is 8.57. The molecule has 3 N–H and O–H groups in total. The number of benzene rings is 1. The average molecular weight is 360 g/mol. The maximum atomic E-state index is 12.6. The fourth-order valence-corrected chi connectivity index (χ4v) is 2.72. The quantitative estimate of drug-likeness (QED) is 0.420. The molecule has 0 fully saturated rings. The Morgan fingerprint density at radius 1 is 1.26 bits per heavy atom. The molecule has 1 aromatic carbocycles. The van der Waals surface area contributed by atoms with E-state index in [0.29, 0.717) is 34.5 Å². The summed E-state index contributed by atoms with van der Waals surface area (Å²) in [6, 6.07) is 10.9. The van der Waals surface area contributed by atoms with Crippen molar-refractivity contribution in [1.29, 1.82) is 0 Å². The van der Waals surface area contributed by atoms with E-state index in [4.69, 9.17) is 10.2 Å². The number of aromatic nitrogens is 3. The SMILES string of the molecule is C=CCNC(=O)c1c(N)n(/N=C/c2ccco2)c2nc3ccccc3nc12. The van der Waals surface area contributed by atoms with Crippen molar-refractivity contribution in [2.75, 3.05) is 12.3 Å². The number of nitrogens with zero attached hydrogens (tertiary/aromatic N) is 4. The number of nitrogen functional groups attached to an aromatic ring is 1. The van der Waals surface area contributed by atoms with E-state index in [1.54, 1.807) is 24.5 Å². The molecule has 0 spiro atoms. The molecule has 3 aromatic heterocycles. The summed E-state index contributed by atoms with van der Waals surface area (Å²) in [6.45, 7) is 3.91. The topological polar surface area (TPSA) is 111 Å². The van der Waals surface area contributed by atoms with Crippen molar-refractivity contribution in [2.45, 2.75) is 0 Å². The number of amides is 1. The minimum atomic E-state index is -0.367. The molecular formula is C19H16N6O2. The lowest BCUT2D eigenvalue weighted by atomic mass is 10.2. The van der Waals surface area contributed by atoms with Crippen LogP contribution < -0.4 is 11.1 Å². The van der Waals surface area contributed by atoms with Crippen molar-refractivity contribution in [1.82, 2.24) is 20.0 Å². The van der Waals surface area contributed by atoms with Crippen molar-refractivity contribution in [3.05, 3.63) is 66.6 Å². The van der Waals surface area contributed by atoms with Gasteiger partial charge in [0.1, 0.15) is 22.7 Å². The number of anilines is 1. The lowest BCUT2D eigenvalue weighted by Gasteiger charge is -2.02. The van der Waals surface area contributed by atoms with E-state index in [9.17, 15) is 4.79 Å². The van der Waals surface area contributed by atoms with E-state index < -0.39 is 0 Å². The van der Waals surface area contributed by atoms with E-state index in [0.717, 1.165) is 0 Å². The second kappa shape index (κ2) is 6.75. The van der Waals surface area contributed by atoms with Gasteiger partial charge in [-0.15, -0.1) is 6.58 Å². The number of hydrogen-bond acceptors (Lipinski definition) is 6. The number of carbonyl (C=O) groups excluding carboxylic acids is 1. The maximum absolute atomic E-state index is 12.6. The Bertz CT molecular complexity index is 1170. The molecule has 0 unspecified atom stereocenters. The number of furan rings is 1. The van der Waals surface area contributed by atoms with Crippen LogP contribution in [0.15, 0.2) is 64.8 Å². The Kier molecular flexibility index (Phi) is 4.13. The Balaban J connectivity index is 1.95. The fourth-order valence-electron chi connectivity index (χ4n) is 2.72. The molecule has 1 amide bonds. The number of hydrogen-bond donors (Lipinski definition) is 2. The molecule has 27 heavy (non-hydrogen) atoms.